The molecule has 1 aliphatic heterocycles. The number of rotatable bonds is 9. The average Bonchev–Trinajstić information content (AvgIpc) is 3.09. The highest BCUT2D eigenvalue weighted by atomic mass is 127. The Bertz CT molecular complexity index is 521. The Morgan fingerprint density at radius 2 is 2.00 bits per heavy atom. The molecular weight excluding hydrogens is 439 g/mol. The Balaban J connectivity index is 0.00000338. The summed E-state index contributed by atoms with van der Waals surface area (Å²) in [7, 11) is 1.84. The predicted molar refractivity (Wildman–Crippen MR) is 121 cm³/mol. The Morgan fingerprint density at radius 1 is 1.23 bits per heavy atom. The normalized spacial score (nSPS) is 17.7. The van der Waals surface area contributed by atoms with E-state index in [0.717, 1.165) is 50.8 Å². The molecule has 6 heteroatoms. The van der Waals surface area contributed by atoms with Crippen molar-refractivity contribution < 1.29 is 4.74 Å². The van der Waals surface area contributed by atoms with Crippen LogP contribution in [0.25, 0.3) is 0 Å². The van der Waals surface area contributed by atoms with Gasteiger partial charge in [0, 0.05) is 26.2 Å². The summed E-state index contributed by atoms with van der Waals surface area (Å²) in [6, 6.07) is 8.86. The summed E-state index contributed by atoms with van der Waals surface area (Å²) in [4.78, 5) is 6.86. The molecule has 1 atom stereocenters. The number of hydrogen-bond acceptors (Lipinski definition) is 3. The highest BCUT2D eigenvalue weighted by Gasteiger charge is 2.22. The molecule has 0 bridgehead atoms. The highest BCUT2D eigenvalue weighted by Crippen LogP contribution is 2.15. The second kappa shape index (κ2) is 13.2. The van der Waals surface area contributed by atoms with E-state index in [1.54, 1.807) is 0 Å². The average molecular weight is 474 g/mol. The molecule has 0 radical (unpaired) electrons. The minimum atomic E-state index is 0. The van der Waals surface area contributed by atoms with Gasteiger partial charge in [-0.2, -0.15) is 0 Å². The molecule has 2 rings (SSSR count). The minimum absolute atomic E-state index is 0. The van der Waals surface area contributed by atoms with E-state index in [0.29, 0.717) is 6.04 Å². The second-order valence-corrected chi connectivity index (χ2v) is 6.67. The Hall–Kier alpha value is -1.02. The quantitative estimate of drug-likeness (QED) is 0.249. The number of hydrogen-bond donors (Lipinski definition) is 2. The first-order chi connectivity index (χ1) is 12.2. The van der Waals surface area contributed by atoms with Crippen LogP contribution >= 0.6 is 24.0 Å². The van der Waals surface area contributed by atoms with Crippen LogP contribution in [-0.2, 0) is 0 Å². The number of likely N-dealkylation sites (N-methyl/N-ethyl adjacent to an activating group) is 1. The monoisotopic (exact) mass is 474 g/mol. The first-order valence-electron chi connectivity index (χ1n) is 9.61. The summed E-state index contributed by atoms with van der Waals surface area (Å²) >= 11 is 0. The minimum Gasteiger partial charge on any atom is -0.494 e. The van der Waals surface area contributed by atoms with E-state index in [-0.39, 0.29) is 24.0 Å². The number of ether oxygens (including phenoxy) is 1. The fraction of sp³-hybridized carbons (Fsp3) is 0.650. The summed E-state index contributed by atoms with van der Waals surface area (Å²) < 4.78 is 5.75. The Labute approximate surface area is 176 Å². The number of likely N-dealkylation sites (tertiary alicyclic amines) is 1. The predicted octanol–water partition coefficient (Wildman–Crippen LogP) is 3.42. The van der Waals surface area contributed by atoms with Crippen LogP contribution in [0.5, 0.6) is 5.75 Å². The van der Waals surface area contributed by atoms with Crippen LogP contribution in [0, 0.1) is 6.92 Å². The number of unbranched alkanes of at least 4 members (excludes halogenated alkanes) is 1. The van der Waals surface area contributed by atoms with Gasteiger partial charge in [0.1, 0.15) is 5.75 Å². The van der Waals surface area contributed by atoms with E-state index in [1.165, 1.54) is 24.9 Å². The molecule has 1 heterocycles. The highest BCUT2D eigenvalue weighted by molar-refractivity contribution is 14.0. The van der Waals surface area contributed by atoms with Gasteiger partial charge in [0.25, 0.3) is 0 Å². The maximum absolute atomic E-state index is 5.75. The smallest absolute Gasteiger partial charge is 0.191 e. The molecule has 1 fully saturated rings. The zero-order chi connectivity index (χ0) is 17.9. The van der Waals surface area contributed by atoms with E-state index in [9.17, 15) is 0 Å². The molecule has 1 aromatic rings. The number of guanidine groups is 1. The third-order valence-corrected chi connectivity index (χ3v) is 4.79. The van der Waals surface area contributed by atoms with Gasteiger partial charge in [-0.3, -0.25) is 9.89 Å². The number of halogens is 1. The van der Waals surface area contributed by atoms with Gasteiger partial charge < -0.3 is 15.4 Å². The SMILES string of the molecule is CCN1CCCC1CNC(=NC)NCCCCOc1ccc(C)cc1.I. The van der Waals surface area contributed by atoms with E-state index in [1.807, 2.05) is 19.2 Å². The number of benzene rings is 1. The van der Waals surface area contributed by atoms with E-state index >= 15 is 0 Å². The Morgan fingerprint density at radius 3 is 2.69 bits per heavy atom. The van der Waals surface area contributed by atoms with Crippen molar-refractivity contribution in [3.63, 3.8) is 0 Å². The van der Waals surface area contributed by atoms with Crippen LogP contribution in [-0.4, -0.2) is 56.7 Å². The van der Waals surface area contributed by atoms with Crippen molar-refractivity contribution in [1.82, 2.24) is 15.5 Å². The van der Waals surface area contributed by atoms with Crippen molar-refractivity contribution >= 4 is 29.9 Å². The van der Waals surface area contributed by atoms with Crippen molar-refractivity contribution in [2.45, 2.75) is 45.6 Å². The van der Waals surface area contributed by atoms with E-state index < -0.39 is 0 Å². The fourth-order valence-electron chi connectivity index (χ4n) is 3.24. The molecule has 1 aliphatic rings. The molecule has 2 N–H and O–H groups in total. The molecule has 0 aromatic heterocycles. The lowest BCUT2D eigenvalue weighted by molar-refractivity contribution is 0.267. The first-order valence-corrected chi connectivity index (χ1v) is 9.61. The third kappa shape index (κ3) is 8.12. The van der Waals surface area contributed by atoms with Crippen molar-refractivity contribution in [2.24, 2.45) is 4.99 Å². The van der Waals surface area contributed by atoms with Gasteiger partial charge in [-0.15, -0.1) is 24.0 Å². The van der Waals surface area contributed by atoms with Crippen LogP contribution in [0.4, 0.5) is 0 Å². The lowest BCUT2D eigenvalue weighted by atomic mass is 10.2. The third-order valence-electron chi connectivity index (χ3n) is 4.79. The van der Waals surface area contributed by atoms with Gasteiger partial charge in [-0.25, -0.2) is 0 Å². The van der Waals surface area contributed by atoms with Crippen LogP contribution in [0.2, 0.25) is 0 Å². The standard InChI is InChI=1S/C20H34N4O.HI/c1-4-24-14-7-8-18(24)16-23-20(21-3)22-13-5-6-15-25-19-11-9-17(2)10-12-19;/h9-12,18H,4-8,13-16H2,1-3H3,(H2,21,22,23);1H. The summed E-state index contributed by atoms with van der Waals surface area (Å²) in [5.74, 6) is 1.86. The first kappa shape index (κ1) is 23.0. The zero-order valence-corrected chi connectivity index (χ0v) is 18.8. The maximum Gasteiger partial charge on any atom is 0.191 e. The molecule has 0 aliphatic carbocycles. The summed E-state index contributed by atoms with van der Waals surface area (Å²) in [6.07, 6.45) is 4.70. The molecule has 0 spiro atoms. The van der Waals surface area contributed by atoms with Crippen LogP contribution in [0.15, 0.2) is 29.3 Å². The Kier molecular flexibility index (Phi) is 11.7. The number of aryl methyl sites for hydroxylation is 1. The van der Waals surface area contributed by atoms with Gasteiger partial charge in [-0.05, 0) is 57.8 Å². The molecule has 26 heavy (non-hydrogen) atoms. The molecule has 1 unspecified atom stereocenters. The van der Waals surface area contributed by atoms with Crippen molar-refractivity contribution in [1.29, 1.82) is 0 Å². The van der Waals surface area contributed by atoms with Crippen molar-refractivity contribution in [2.75, 3.05) is 39.8 Å². The fourth-order valence-corrected chi connectivity index (χ4v) is 3.24. The number of nitrogens with zero attached hydrogens (tertiary/aromatic N) is 2. The maximum atomic E-state index is 5.75. The van der Waals surface area contributed by atoms with Crippen molar-refractivity contribution in [3.05, 3.63) is 29.8 Å². The zero-order valence-electron chi connectivity index (χ0n) is 16.5. The molecule has 5 nitrogen and oxygen atoms in total. The number of aliphatic imine (C=N–C) groups is 1. The molecule has 0 amide bonds. The molecule has 0 saturated carbocycles. The van der Waals surface area contributed by atoms with Gasteiger partial charge in [-0.1, -0.05) is 24.6 Å². The van der Waals surface area contributed by atoms with Gasteiger partial charge >= 0.3 is 0 Å². The van der Waals surface area contributed by atoms with Gasteiger partial charge in [0.2, 0.25) is 0 Å². The molecular formula is C20H35IN4O. The van der Waals surface area contributed by atoms with Crippen LogP contribution < -0.4 is 15.4 Å². The largest absolute Gasteiger partial charge is 0.494 e. The lowest BCUT2D eigenvalue weighted by Gasteiger charge is -2.24. The molecule has 1 saturated heterocycles. The summed E-state index contributed by atoms with van der Waals surface area (Å²) in [5, 5.41) is 6.86. The van der Waals surface area contributed by atoms with Gasteiger partial charge in [0.05, 0.1) is 6.61 Å². The summed E-state index contributed by atoms with van der Waals surface area (Å²) in [5.41, 5.74) is 1.26. The molecule has 148 valence electrons. The van der Waals surface area contributed by atoms with Crippen LogP contribution in [0.1, 0.15) is 38.2 Å². The summed E-state index contributed by atoms with van der Waals surface area (Å²) in [6.45, 7) is 9.34. The molecule has 1 aromatic carbocycles. The van der Waals surface area contributed by atoms with Crippen molar-refractivity contribution in [3.8, 4) is 5.75 Å². The topological polar surface area (TPSA) is 48.9 Å². The van der Waals surface area contributed by atoms with E-state index in [2.05, 4.69) is 46.5 Å². The second-order valence-electron chi connectivity index (χ2n) is 6.67. The number of nitrogens with one attached hydrogen (secondary N) is 2. The lowest BCUT2D eigenvalue weighted by Crippen LogP contribution is -2.45. The van der Waals surface area contributed by atoms with E-state index in [4.69, 9.17) is 4.74 Å². The van der Waals surface area contributed by atoms with Crippen LogP contribution in [0.3, 0.4) is 0 Å². The van der Waals surface area contributed by atoms with Gasteiger partial charge in [0.15, 0.2) is 5.96 Å².